The largest absolute Gasteiger partial charge is 0.287 e. The van der Waals surface area contributed by atoms with Crippen LogP contribution in [0.2, 0.25) is 0 Å². The lowest BCUT2D eigenvalue weighted by molar-refractivity contribution is 0.0908. The zero-order valence-corrected chi connectivity index (χ0v) is 12.5. The van der Waals surface area contributed by atoms with E-state index in [0.717, 1.165) is 21.8 Å². The van der Waals surface area contributed by atoms with E-state index in [-0.39, 0.29) is 5.91 Å². The first-order valence-corrected chi connectivity index (χ1v) is 7.37. The third-order valence-corrected chi connectivity index (χ3v) is 3.88. The van der Waals surface area contributed by atoms with E-state index in [4.69, 9.17) is 0 Å². The highest BCUT2D eigenvalue weighted by Gasteiger charge is 2.09. The molecule has 1 aromatic heterocycles. The second-order valence-corrected chi connectivity index (χ2v) is 5.68. The summed E-state index contributed by atoms with van der Waals surface area (Å²) in [4.78, 5) is 12.3. The van der Waals surface area contributed by atoms with Crippen LogP contribution in [-0.2, 0) is 6.42 Å². The number of carbonyl (C=O) groups excluding carboxylic acids is 1. The van der Waals surface area contributed by atoms with E-state index >= 15 is 0 Å². The first kappa shape index (κ1) is 13.1. The Morgan fingerprint density at radius 1 is 1.05 bits per heavy atom. The number of carbonyl (C=O) groups is 1. The van der Waals surface area contributed by atoms with Gasteiger partial charge in [-0.25, -0.2) is 0 Å². The van der Waals surface area contributed by atoms with Gasteiger partial charge in [0.15, 0.2) is 0 Å². The minimum absolute atomic E-state index is 0.131. The molecule has 3 heteroatoms. The topological polar surface area (TPSA) is 22.0 Å². The van der Waals surface area contributed by atoms with Gasteiger partial charge >= 0.3 is 0 Å². The van der Waals surface area contributed by atoms with E-state index in [1.807, 2.05) is 48.7 Å². The van der Waals surface area contributed by atoms with Gasteiger partial charge in [-0.05, 0) is 36.2 Å². The summed E-state index contributed by atoms with van der Waals surface area (Å²) in [5.41, 5.74) is 2.16. The van der Waals surface area contributed by atoms with Gasteiger partial charge in [0.25, 0.3) is 0 Å². The van der Waals surface area contributed by atoms with Gasteiger partial charge in [-0.1, -0.05) is 46.3 Å². The molecule has 0 aliphatic heterocycles. The highest BCUT2D eigenvalue weighted by Crippen LogP contribution is 2.21. The minimum Gasteiger partial charge on any atom is -0.287 e. The maximum absolute atomic E-state index is 12.3. The van der Waals surface area contributed by atoms with Crippen LogP contribution in [0.1, 0.15) is 16.8 Å². The van der Waals surface area contributed by atoms with Gasteiger partial charge in [-0.15, -0.1) is 0 Å². The summed E-state index contributed by atoms with van der Waals surface area (Å²) in [5, 5.41) is 1.08. The van der Waals surface area contributed by atoms with E-state index in [1.54, 1.807) is 4.57 Å². The second-order valence-electron chi connectivity index (χ2n) is 4.77. The van der Waals surface area contributed by atoms with Crippen molar-refractivity contribution >= 4 is 32.7 Å². The SMILES string of the molecule is O=C(CCc1ccccc1)n1ccc2cc(Br)ccc21. The Labute approximate surface area is 126 Å². The molecule has 0 aliphatic carbocycles. The van der Waals surface area contributed by atoms with Gasteiger partial charge < -0.3 is 0 Å². The standard InChI is InChI=1S/C17H14BrNO/c18-15-7-8-16-14(12-15)10-11-19(16)17(20)9-6-13-4-2-1-3-5-13/h1-5,7-8,10-12H,6,9H2. The molecule has 0 spiro atoms. The van der Waals surface area contributed by atoms with E-state index in [1.165, 1.54) is 5.56 Å². The van der Waals surface area contributed by atoms with Crippen LogP contribution >= 0.6 is 15.9 Å². The number of nitrogens with zero attached hydrogens (tertiary/aromatic N) is 1. The fourth-order valence-corrected chi connectivity index (χ4v) is 2.73. The van der Waals surface area contributed by atoms with Crippen molar-refractivity contribution in [2.24, 2.45) is 0 Å². The first-order chi connectivity index (χ1) is 9.74. The van der Waals surface area contributed by atoms with Gasteiger partial charge in [0.2, 0.25) is 5.91 Å². The molecule has 0 bridgehead atoms. The van der Waals surface area contributed by atoms with Crippen LogP contribution in [0.3, 0.4) is 0 Å². The Morgan fingerprint density at radius 3 is 2.65 bits per heavy atom. The average molecular weight is 328 g/mol. The van der Waals surface area contributed by atoms with Crippen LogP contribution in [0, 0.1) is 0 Å². The lowest BCUT2D eigenvalue weighted by Gasteiger charge is -2.04. The second kappa shape index (κ2) is 5.63. The van der Waals surface area contributed by atoms with Crippen LogP contribution in [0.5, 0.6) is 0 Å². The Balaban J connectivity index is 1.79. The number of halogens is 1. The molecule has 0 aliphatic rings. The number of hydrogen-bond donors (Lipinski definition) is 0. The quantitative estimate of drug-likeness (QED) is 0.684. The van der Waals surface area contributed by atoms with Gasteiger partial charge in [0.05, 0.1) is 5.52 Å². The summed E-state index contributed by atoms with van der Waals surface area (Å²) in [6.45, 7) is 0. The number of fused-ring (bicyclic) bond motifs is 1. The molecule has 0 N–H and O–H groups in total. The van der Waals surface area contributed by atoms with Gasteiger partial charge in [-0.2, -0.15) is 0 Å². The molecule has 0 unspecified atom stereocenters. The monoisotopic (exact) mass is 327 g/mol. The van der Waals surface area contributed by atoms with Crippen molar-refractivity contribution in [3.63, 3.8) is 0 Å². The Kier molecular flexibility index (Phi) is 3.70. The van der Waals surface area contributed by atoms with Crippen LogP contribution < -0.4 is 0 Å². The van der Waals surface area contributed by atoms with Crippen molar-refractivity contribution in [2.75, 3.05) is 0 Å². The molecular weight excluding hydrogens is 314 g/mol. The smallest absolute Gasteiger partial charge is 0.231 e. The molecule has 2 nitrogen and oxygen atoms in total. The number of benzene rings is 2. The molecule has 3 aromatic rings. The highest BCUT2D eigenvalue weighted by atomic mass is 79.9. The average Bonchev–Trinajstić information content (AvgIpc) is 2.89. The summed E-state index contributed by atoms with van der Waals surface area (Å²) in [5.74, 6) is 0.131. The zero-order chi connectivity index (χ0) is 13.9. The summed E-state index contributed by atoms with van der Waals surface area (Å²) in [6.07, 6.45) is 3.14. The van der Waals surface area contributed by atoms with Crippen molar-refractivity contribution in [3.8, 4) is 0 Å². The maximum atomic E-state index is 12.3. The van der Waals surface area contributed by atoms with E-state index in [0.29, 0.717) is 6.42 Å². The van der Waals surface area contributed by atoms with Crippen molar-refractivity contribution in [2.45, 2.75) is 12.8 Å². The molecule has 0 atom stereocenters. The van der Waals surface area contributed by atoms with Crippen molar-refractivity contribution in [1.29, 1.82) is 0 Å². The predicted octanol–water partition coefficient (Wildman–Crippen LogP) is 4.68. The molecule has 0 fully saturated rings. The third kappa shape index (κ3) is 2.68. The number of rotatable bonds is 3. The normalized spacial score (nSPS) is 10.8. The molecule has 1 heterocycles. The number of hydrogen-bond acceptors (Lipinski definition) is 1. The Bertz CT molecular complexity index is 746. The Hall–Kier alpha value is -1.87. The van der Waals surface area contributed by atoms with E-state index < -0.39 is 0 Å². The van der Waals surface area contributed by atoms with Crippen LogP contribution in [0.15, 0.2) is 65.3 Å². The van der Waals surface area contributed by atoms with Gasteiger partial charge in [0.1, 0.15) is 0 Å². The van der Waals surface area contributed by atoms with Crippen molar-refractivity contribution in [3.05, 3.63) is 70.8 Å². The zero-order valence-electron chi connectivity index (χ0n) is 10.9. The number of aryl methyl sites for hydroxylation is 1. The maximum Gasteiger partial charge on any atom is 0.231 e. The molecule has 100 valence electrons. The molecule has 0 amide bonds. The fraction of sp³-hybridized carbons (Fsp3) is 0.118. The van der Waals surface area contributed by atoms with Gasteiger partial charge in [-0.3, -0.25) is 9.36 Å². The molecule has 2 aromatic carbocycles. The summed E-state index contributed by atoms with van der Waals surface area (Å²) in [7, 11) is 0. The predicted molar refractivity (Wildman–Crippen MR) is 85.0 cm³/mol. The van der Waals surface area contributed by atoms with Crippen LogP contribution in [-0.4, -0.2) is 10.5 Å². The molecule has 0 radical (unpaired) electrons. The number of aromatic nitrogens is 1. The molecule has 3 rings (SSSR count). The van der Waals surface area contributed by atoms with Crippen LogP contribution in [0.25, 0.3) is 10.9 Å². The Morgan fingerprint density at radius 2 is 1.85 bits per heavy atom. The van der Waals surface area contributed by atoms with Crippen molar-refractivity contribution < 1.29 is 4.79 Å². The molecule has 0 saturated heterocycles. The lowest BCUT2D eigenvalue weighted by atomic mass is 10.1. The van der Waals surface area contributed by atoms with Gasteiger partial charge in [0, 0.05) is 22.5 Å². The van der Waals surface area contributed by atoms with E-state index in [2.05, 4.69) is 28.1 Å². The molecular formula is C17H14BrNO. The summed E-state index contributed by atoms with van der Waals surface area (Å²) in [6, 6.07) is 18.0. The summed E-state index contributed by atoms with van der Waals surface area (Å²) < 4.78 is 2.77. The van der Waals surface area contributed by atoms with Crippen LogP contribution in [0.4, 0.5) is 0 Å². The minimum atomic E-state index is 0.131. The first-order valence-electron chi connectivity index (χ1n) is 6.58. The summed E-state index contributed by atoms with van der Waals surface area (Å²) >= 11 is 3.45. The third-order valence-electron chi connectivity index (χ3n) is 3.39. The lowest BCUT2D eigenvalue weighted by Crippen LogP contribution is -2.10. The molecule has 20 heavy (non-hydrogen) atoms. The highest BCUT2D eigenvalue weighted by molar-refractivity contribution is 9.10. The fourth-order valence-electron chi connectivity index (χ4n) is 2.35. The van der Waals surface area contributed by atoms with E-state index in [9.17, 15) is 4.79 Å². The van der Waals surface area contributed by atoms with Crippen molar-refractivity contribution in [1.82, 2.24) is 4.57 Å². The molecule has 0 saturated carbocycles.